The second kappa shape index (κ2) is 5.65. The summed E-state index contributed by atoms with van der Waals surface area (Å²) < 4.78 is 0. The molecular weight excluding hydrogens is 257 g/mol. The summed E-state index contributed by atoms with van der Waals surface area (Å²) in [7, 11) is 0. The van der Waals surface area contributed by atoms with Crippen molar-refractivity contribution in [3.63, 3.8) is 0 Å². The van der Waals surface area contributed by atoms with Crippen LogP contribution in [-0.4, -0.2) is 6.54 Å². The Morgan fingerprint density at radius 1 is 1.50 bits per heavy atom. The van der Waals surface area contributed by atoms with Crippen LogP contribution in [0.4, 0.5) is 0 Å². The first-order valence-corrected chi connectivity index (χ1v) is 1.97. The van der Waals surface area contributed by atoms with Gasteiger partial charge in [-0.2, -0.15) is 0 Å². The molecule has 0 unspecified atom stereocenters. The zero-order valence-electron chi connectivity index (χ0n) is 4.18. The van der Waals surface area contributed by atoms with Gasteiger partial charge in [0.1, 0.15) is 0 Å². The second-order valence-electron chi connectivity index (χ2n) is 1.63. The molecule has 0 aliphatic carbocycles. The van der Waals surface area contributed by atoms with Crippen molar-refractivity contribution in [3.8, 4) is 0 Å². The fraction of sp³-hybridized carbons (Fsp3) is 1.00. The molecule has 0 fully saturated rings. The molecule has 0 spiro atoms. The van der Waals surface area contributed by atoms with Crippen LogP contribution in [0.1, 0.15) is 13.8 Å². The summed E-state index contributed by atoms with van der Waals surface area (Å²) in [5, 5.41) is 0. The van der Waals surface area contributed by atoms with Gasteiger partial charge in [-0.05, 0) is 12.5 Å². The van der Waals surface area contributed by atoms with E-state index >= 15 is 0 Å². The van der Waals surface area contributed by atoms with Crippen molar-refractivity contribution in [1.82, 2.24) is 0 Å². The van der Waals surface area contributed by atoms with Crippen LogP contribution < -0.4 is 5.73 Å². The summed E-state index contributed by atoms with van der Waals surface area (Å²) >= 11 is 0. The minimum atomic E-state index is 0. The molecule has 2 heteroatoms. The first-order chi connectivity index (χ1) is 2.27. The fourth-order valence-corrected chi connectivity index (χ4v) is 0. The van der Waals surface area contributed by atoms with Crippen LogP contribution in [0, 0.1) is 5.92 Å². The van der Waals surface area contributed by atoms with Gasteiger partial charge >= 0.3 is 21.1 Å². The van der Waals surface area contributed by atoms with Crippen LogP contribution in [-0.2, 0) is 21.1 Å². The third-order valence-electron chi connectivity index (χ3n) is 0.471. The van der Waals surface area contributed by atoms with Crippen molar-refractivity contribution in [2.45, 2.75) is 13.8 Å². The summed E-state index contributed by atoms with van der Waals surface area (Å²) in [5.74, 6) is 0.662. The maximum absolute atomic E-state index is 5.17. The molecule has 0 heterocycles. The molecule has 0 aromatic rings. The van der Waals surface area contributed by atoms with E-state index in [9.17, 15) is 0 Å². The summed E-state index contributed by atoms with van der Waals surface area (Å²) in [6.45, 7) is 5.00. The molecule has 0 saturated carbocycles. The van der Waals surface area contributed by atoms with Crippen LogP contribution in [0.2, 0.25) is 0 Å². The van der Waals surface area contributed by atoms with Crippen molar-refractivity contribution in [1.29, 1.82) is 0 Å². The molecule has 0 aromatic heterocycles. The van der Waals surface area contributed by atoms with E-state index < -0.39 is 0 Å². The van der Waals surface area contributed by atoms with Crippen LogP contribution >= 0.6 is 0 Å². The van der Waals surface area contributed by atoms with Crippen LogP contribution in [0.25, 0.3) is 0 Å². The second-order valence-corrected chi connectivity index (χ2v) is 1.63. The molecule has 2 N–H and O–H groups in total. The van der Waals surface area contributed by atoms with Gasteiger partial charge in [-0.25, -0.2) is 0 Å². The molecule has 0 radical (unpaired) electrons. The molecule has 0 amide bonds. The van der Waals surface area contributed by atoms with Crippen LogP contribution in [0.15, 0.2) is 0 Å². The van der Waals surface area contributed by atoms with Crippen molar-refractivity contribution < 1.29 is 21.1 Å². The number of hydrogen-bond acceptors (Lipinski definition) is 1. The molecule has 0 atom stereocenters. The number of nitrogens with two attached hydrogens (primary N) is 1. The van der Waals surface area contributed by atoms with E-state index in [1.807, 2.05) is 0 Å². The Morgan fingerprint density at radius 3 is 1.67 bits per heavy atom. The normalized spacial score (nSPS) is 8.00. The van der Waals surface area contributed by atoms with Crippen molar-refractivity contribution >= 4 is 0 Å². The number of rotatable bonds is 1. The predicted octanol–water partition coefficient (Wildman–Crippen LogP) is 0.599. The Labute approximate surface area is 53.6 Å². The maximum Gasteiger partial charge on any atom is 2.00 e. The van der Waals surface area contributed by atoms with Gasteiger partial charge in [-0.1, -0.05) is 13.8 Å². The number of hydrogen-bond donors (Lipinski definition) is 1. The minimum absolute atomic E-state index is 0. The fourth-order valence-electron chi connectivity index (χ4n) is 0. The standard InChI is InChI=1S/C4H11N.Pt/c1-4(2)3-5;/h4H,3,5H2,1-2H3;/q;+2. The predicted molar refractivity (Wildman–Crippen MR) is 23.9 cm³/mol. The van der Waals surface area contributed by atoms with Crippen molar-refractivity contribution in [2.24, 2.45) is 11.7 Å². The Balaban J connectivity index is 0. The third kappa shape index (κ3) is 8.82. The molecule has 1 nitrogen and oxygen atoms in total. The van der Waals surface area contributed by atoms with Crippen molar-refractivity contribution in [3.05, 3.63) is 0 Å². The van der Waals surface area contributed by atoms with Gasteiger partial charge in [-0.3, -0.25) is 0 Å². The van der Waals surface area contributed by atoms with Gasteiger partial charge in [-0.15, -0.1) is 0 Å². The van der Waals surface area contributed by atoms with E-state index in [0.717, 1.165) is 6.54 Å². The molecule has 0 bridgehead atoms. The summed E-state index contributed by atoms with van der Waals surface area (Å²) in [6, 6.07) is 0. The zero-order chi connectivity index (χ0) is 4.28. The Bertz CT molecular complexity index is 21.5. The largest absolute Gasteiger partial charge is 2.00 e. The zero-order valence-corrected chi connectivity index (χ0v) is 6.45. The van der Waals surface area contributed by atoms with Gasteiger partial charge in [0.15, 0.2) is 0 Å². The van der Waals surface area contributed by atoms with Gasteiger partial charge in [0.2, 0.25) is 0 Å². The first-order valence-electron chi connectivity index (χ1n) is 1.97. The summed E-state index contributed by atoms with van der Waals surface area (Å²) in [6.07, 6.45) is 0. The smallest absolute Gasteiger partial charge is 0.330 e. The first kappa shape index (κ1) is 9.82. The molecule has 0 aliphatic heterocycles. The van der Waals surface area contributed by atoms with E-state index in [2.05, 4.69) is 13.8 Å². The third-order valence-corrected chi connectivity index (χ3v) is 0.471. The molecule has 0 aliphatic rings. The van der Waals surface area contributed by atoms with E-state index in [-0.39, 0.29) is 21.1 Å². The molecule has 0 rings (SSSR count). The molecule has 0 saturated heterocycles. The summed E-state index contributed by atoms with van der Waals surface area (Å²) in [5.41, 5.74) is 5.17. The Kier molecular flexibility index (Phi) is 9.24. The van der Waals surface area contributed by atoms with Crippen LogP contribution in [0.3, 0.4) is 0 Å². The average molecular weight is 268 g/mol. The van der Waals surface area contributed by atoms with E-state index in [1.54, 1.807) is 0 Å². The van der Waals surface area contributed by atoms with Gasteiger partial charge < -0.3 is 5.73 Å². The molecular formula is C4H11NPt+2. The summed E-state index contributed by atoms with van der Waals surface area (Å²) in [4.78, 5) is 0. The topological polar surface area (TPSA) is 26.0 Å². The minimum Gasteiger partial charge on any atom is -0.330 e. The monoisotopic (exact) mass is 268 g/mol. The van der Waals surface area contributed by atoms with Gasteiger partial charge in [0.05, 0.1) is 0 Å². The Hall–Kier alpha value is 0.648. The quantitative estimate of drug-likeness (QED) is 0.740. The SMILES string of the molecule is CC(C)CN.[Pt+2]. The van der Waals surface area contributed by atoms with Gasteiger partial charge in [0.25, 0.3) is 0 Å². The molecule has 40 valence electrons. The molecule has 0 aromatic carbocycles. The van der Waals surface area contributed by atoms with Gasteiger partial charge in [0, 0.05) is 0 Å². The van der Waals surface area contributed by atoms with Crippen molar-refractivity contribution in [2.75, 3.05) is 6.54 Å². The van der Waals surface area contributed by atoms with E-state index in [0.29, 0.717) is 5.92 Å². The van der Waals surface area contributed by atoms with E-state index in [4.69, 9.17) is 5.73 Å². The van der Waals surface area contributed by atoms with E-state index in [1.165, 1.54) is 0 Å². The average Bonchev–Trinajstić information content (AvgIpc) is 1.38. The Morgan fingerprint density at radius 2 is 1.67 bits per heavy atom. The van der Waals surface area contributed by atoms with Crippen LogP contribution in [0.5, 0.6) is 0 Å². The molecule has 6 heavy (non-hydrogen) atoms. The maximum atomic E-state index is 5.17.